The van der Waals surface area contributed by atoms with Crippen LogP contribution in [-0.2, 0) is 27.0 Å². The highest BCUT2D eigenvalue weighted by atomic mass is 19.4. The molecule has 0 aromatic heterocycles. The van der Waals surface area contributed by atoms with E-state index in [1.54, 1.807) is 0 Å². The van der Waals surface area contributed by atoms with Crippen molar-refractivity contribution in [1.29, 1.82) is 0 Å². The zero-order valence-corrected chi connectivity index (χ0v) is 16.1. The lowest BCUT2D eigenvalue weighted by atomic mass is 10.1. The standard InChI is InChI=1S/C20H19F3N2O5/c1-29-11-17(26)24-10-12-6-14(19(28)30-2)9-16(7-12)25-18(27)13-4-3-5-15(8-13)20(21,22)23/h3-9H,10-11H2,1-2H3,(H,24,26)(H,25,27). The summed E-state index contributed by atoms with van der Waals surface area (Å²) < 4.78 is 48.0. The summed E-state index contributed by atoms with van der Waals surface area (Å²) in [5.41, 5.74) is -0.462. The third kappa shape index (κ3) is 6.31. The Labute approximate surface area is 170 Å². The van der Waals surface area contributed by atoms with Crippen molar-refractivity contribution in [3.05, 3.63) is 64.7 Å². The summed E-state index contributed by atoms with van der Waals surface area (Å²) in [4.78, 5) is 35.9. The number of carbonyl (C=O) groups excluding carboxylic acids is 3. The molecular formula is C20H19F3N2O5. The lowest BCUT2D eigenvalue weighted by molar-refractivity contribution is -0.137. The third-order valence-corrected chi connectivity index (χ3v) is 3.89. The number of nitrogens with one attached hydrogen (secondary N) is 2. The number of hydrogen-bond donors (Lipinski definition) is 2. The van der Waals surface area contributed by atoms with Crippen molar-refractivity contribution >= 4 is 23.5 Å². The van der Waals surface area contributed by atoms with Crippen LogP contribution in [0.1, 0.15) is 31.8 Å². The minimum atomic E-state index is -4.59. The van der Waals surface area contributed by atoms with E-state index in [1.165, 1.54) is 38.5 Å². The number of halogens is 3. The predicted octanol–water partition coefficient (Wildman–Crippen LogP) is 3.01. The highest BCUT2D eigenvalue weighted by Crippen LogP contribution is 2.29. The van der Waals surface area contributed by atoms with Gasteiger partial charge in [-0.1, -0.05) is 6.07 Å². The van der Waals surface area contributed by atoms with Crippen molar-refractivity contribution in [2.45, 2.75) is 12.7 Å². The van der Waals surface area contributed by atoms with Gasteiger partial charge < -0.3 is 20.1 Å². The van der Waals surface area contributed by atoms with E-state index in [-0.39, 0.29) is 30.0 Å². The molecule has 0 aliphatic carbocycles. The number of rotatable bonds is 7. The molecule has 160 valence electrons. The van der Waals surface area contributed by atoms with Gasteiger partial charge in [-0.15, -0.1) is 0 Å². The lowest BCUT2D eigenvalue weighted by Gasteiger charge is -2.12. The van der Waals surface area contributed by atoms with Gasteiger partial charge in [0.25, 0.3) is 5.91 Å². The van der Waals surface area contributed by atoms with Crippen LogP contribution in [0.2, 0.25) is 0 Å². The normalized spacial score (nSPS) is 11.0. The van der Waals surface area contributed by atoms with E-state index in [0.29, 0.717) is 5.56 Å². The van der Waals surface area contributed by atoms with Gasteiger partial charge in [0.2, 0.25) is 5.91 Å². The molecule has 10 heteroatoms. The van der Waals surface area contributed by atoms with Crippen LogP contribution in [0.3, 0.4) is 0 Å². The third-order valence-electron chi connectivity index (χ3n) is 3.89. The summed E-state index contributed by atoms with van der Waals surface area (Å²) in [5, 5.41) is 5.02. The molecule has 0 atom stereocenters. The molecule has 0 bridgehead atoms. The molecule has 0 radical (unpaired) electrons. The quantitative estimate of drug-likeness (QED) is 0.667. The van der Waals surface area contributed by atoms with Crippen LogP contribution in [0.4, 0.5) is 18.9 Å². The Bertz CT molecular complexity index is 944. The van der Waals surface area contributed by atoms with Crippen LogP contribution >= 0.6 is 0 Å². The van der Waals surface area contributed by atoms with Crippen LogP contribution in [0.15, 0.2) is 42.5 Å². The number of benzene rings is 2. The fourth-order valence-electron chi connectivity index (χ4n) is 2.52. The number of amides is 2. The molecule has 0 aliphatic rings. The van der Waals surface area contributed by atoms with Crippen molar-refractivity contribution < 1.29 is 37.0 Å². The molecule has 0 saturated carbocycles. The van der Waals surface area contributed by atoms with Gasteiger partial charge in [-0.2, -0.15) is 13.2 Å². The molecule has 0 unspecified atom stereocenters. The van der Waals surface area contributed by atoms with E-state index >= 15 is 0 Å². The topological polar surface area (TPSA) is 93.7 Å². The summed E-state index contributed by atoms with van der Waals surface area (Å²) >= 11 is 0. The highest BCUT2D eigenvalue weighted by molar-refractivity contribution is 6.05. The van der Waals surface area contributed by atoms with E-state index < -0.39 is 29.5 Å². The Balaban J connectivity index is 2.27. The predicted molar refractivity (Wildman–Crippen MR) is 101 cm³/mol. The summed E-state index contributed by atoms with van der Waals surface area (Å²) in [7, 11) is 2.54. The highest BCUT2D eigenvalue weighted by Gasteiger charge is 2.30. The Morgan fingerprint density at radius 3 is 2.37 bits per heavy atom. The average Bonchev–Trinajstić information content (AvgIpc) is 2.71. The van der Waals surface area contributed by atoms with Crippen LogP contribution in [-0.4, -0.2) is 38.6 Å². The zero-order chi connectivity index (χ0) is 22.3. The first-order valence-electron chi connectivity index (χ1n) is 8.60. The second-order valence-electron chi connectivity index (χ2n) is 6.15. The molecule has 0 saturated heterocycles. The first kappa shape index (κ1) is 22.9. The maximum absolute atomic E-state index is 12.9. The van der Waals surface area contributed by atoms with E-state index in [0.717, 1.165) is 18.2 Å². The fraction of sp³-hybridized carbons (Fsp3) is 0.250. The second-order valence-corrected chi connectivity index (χ2v) is 6.15. The molecule has 2 rings (SSSR count). The van der Waals surface area contributed by atoms with E-state index in [9.17, 15) is 27.6 Å². The van der Waals surface area contributed by atoms with E-state index in [2.05, 4.69) is 15.4 Å². The van der Waals surface area contributed by atoms with Crippen LogP contribution in [0, 0.1) is 0 Å². The minimum absolute atomic E-state index is 0.0272. The number of esters is 1. The summed E-state index contributed by atoms with van der Waals surface area (Å²) in [6.45, 7) is -0.130. The average molecular weight is 424 g/mol. The van der Waals surface area contributed by atoms with E-state index in [4.69, 9.17) is 4.74 Å². The monoisotopic (exact) mass is 424 g/mol. The molecule has 0 spiro atoms. The molecule has 7 nitrogen and oxygen atoms in total. The number of carbonyl (C=O) groups is 3. The zero-order valence-electron chi connectivity index (χ0n) is 16.1. The second kappa shape index (κ2) is 9.88. The van der Waals surface area contributed by atoms with Gasteiger partial charge in [0, 0.05) is 24.9 Å². The summed E-state index contributed by atoms with van der Waals surface area (Å²) in [6.07, 6.45) is -4.59. The molecule has 2 N–H and O–H groups in total. The van der Waals surface area contributed by atoms with Gasteiger partial charge >= 0.3 is 12.1 Å². The SMILES string of the molecule is COCC(=O)NCc1cc(NC(=O)c2cccc(C(F)(F)F)c2)cc(C(=O)OC)c1. The lowest BCUT2D eigenvalue weighted by Crippen LogP contribution is -2.26. The van der Waals surface area contributed by atoms with Crippen LogP contribution < -0.4 is 10.6 Å². The smallest absolute Gasteiger partial charge is 0.416 e. The van der Waals surface area contributed by atoms with Gasteiger partial charge in [0.1, 0.15) is 6.61 Å². The van der Waals surface area contributed by atoms with Crippen molar-refractivity contribution in [3.63, 3.8) is 0 Å². The Morgan fingerprint density at radius 1 is 1.00 bits per heavy atom. The maximum Gasteiger partial charge on any atom is 0.416 e. The van der Waals surface area contributed by atoms with Crippen molar-refractivity contribution in [2.24, 2.45) is 0 Å². The summed E-state index contributed by atoms with van der Waals surface area (Å²) in [5.74, 6) is -1.87. The number of anilines is 1. The Kier molecular flexibility index (Phi) is 7.54. The van der Waals surface area contributed by atoms with Crippen molar-refractivity contribution in [2.75, 3.05) is 26.1 Å². The molecule has 30 heavy (non-hydrogen) atoms. The number of methoxy groups -OCH3 is 2. The number of hydrogen-bond acceptors (Lipinski definition) is 5. The maximum atomic E-state index is 12.9. The molecule has 2 amide bonds. The van der Waals surface area contributed by atoms with Gasteiger partial charge in [0.15, 0.2) is 0 Å². The first-order valence-corrected chi connectivity index (χ1v) is 8.60. The first-order chi connectivity index (χ1) is 14.1. The van der Waals surface area contributed by atoms with Gasteiger partial charge in [0.05, 0.1) is 18.2 Å². The number of ether oxygens (including phenoxy) is 2. The molecule has 0 aliphatic heterocycles. The van der Waals surface area contributed by atoms with Gasteiger partial charge in [-0.25, -0.2) is 4.79 Å². The minimum Gasteiger partial charge on any atom is -0.465 e. The molecule has 2 aromatic rings. The summed E-state index contributed by atoms with van der Waals surface area (Å²) in [6, 6.07) is 8.20. The van der Waals surface area contributed by atoms with E-state index in [1.807, 2.05) is 0 Å². The Morgan fingerprint density at radius 2 is 1.73 bits per heavy atom. The molecule has 0 fully saturated rings. The fourth-order valence-corrected chi connectivity index (χ4v) is 2.52. The molecular weight excluding hydrogens is 405 g/mol. The van der Waals surface area contributed by atoms with Gasteiger partial charge in [-0.05, 0) is 42.0 Å². The van der Waals surface area contributed by atoms with Crippen LogP contribution in [0.25, 0.3) is 0 Å². The van der Waals surface area contributed by atoms with Gasteiger partial charge in [-0.3, -0.25) is 9.59 Å². The largest absolute Gasteiger partial charge is 0.465 e. The van der Waals surface area contributed by atoms with Crippen molar-refractivity contribution in [1.82, 2.24) is 5.32 Å². The molecule has 0 heterocycles. The number of alkyl halides is 3. The van der Waals surface area contributed by atoms with Crippen LogP contribution in [0.5, 0.6) is 0 Å². The Hall–Kier alpha value is -3.40. The van der Waals surface area contributed by atoms with Crippen molar-refractivity contribution in [3.8, 4) is 0 Å². The molecule has 2 aromatic carbocycles.